The van der Waals surface area contributed by atoms with Crippen LogP contribution in [0, 0.1) is 6.92 Å². The van der Waals surface area contributed by atoms with Crippen LogP contribution in [0.5, 0.6) is 11.5 Å². The van der Waals surface area contributed by atoms with Crippen LogP contribution in [0.3, 0.4) is 0 Å². The van der Waals surface area contributed by atoms with E-state index in [1.165, 1.54) is 0 Å². The number of benzene rings is 2. The highest BCUT2D eigenvalue weighted by molar-refractivity contribution is 5.84. The molecule has 162 valence electrons. The summed E-state index contributed by atoms with van der Waals surface area (Å²) in [5.74, 6) is 1.05. The number of nitrogens with two attached hydrogens (primary N) is 1. The normalized spacial score (nSPS) is 21.2. The van der Waals surface area contributed by atoms with E-state index in [9.17, 15) is 9.90 Å². The molecule has 0 radical (unpaired) electrons. The monoisotopic (exact) mass is 418 g/mol. The van der Waals surface area contributed by atoms with Gasteiger partial charge in [-0.1, -0.05) is 18.2 Å². The number of phenols is 1. The number of pyridine rings is 1. The van der Waals surface area contributed by atoms with Gasteiger partial charge in [-0.2, -0.15) is 0 Å². The third kappa shape index (κ3) is 4.67. The molecule has 3 aromatic rings. The van der Waals surface area contributed by atoms with Crippen LogP contribution in [0.15, 0.2) is 66.1 Å². The number of rotatable bonds is 6. The summed E-state index contributed by atoms with van der Waals surface area (Å²) in [5.41, 5.74) is 8.18. The highest BCUT2D eigenvalue weighted by Crippen LogP contribution is 2.33. The van der Waals surface area contributed by atoms with Crippen molar-refractivity contribution in [2.24, 2.45) is 5.73 Å². The van der Waals surface area contributed by atoms with Gasteiger partial charge in [0.05, 0.1) is 12.6 Å². The molecule has 0 amide bonds. The van der Waals surface area contributed by atoms with Crippen molar-refractivity contribution in [1.82, 2.24) is 4.57 Å². The van der Waals surface area contributed by atoms with E-state index in [0.717, 1.165) is 54.4 Å². The number of hydrogen-bond acceptors (Lipinski definition) is 4. The molecule has 0 bridgehead atoms. The van der Waals surface area contributed by atoms with Gasteiger partial charge in [-0.25, -0.2) is 0 Å². The molecule has 0 unspecified atom stereocenters. The second kappa shape index (κ2) is 8.60. The Hall–Kier alpha value is -3.05. The zero-order valence-electron chi connectivity index (χ0n) is 18.0. The van der Waals surface area contributed by atoms with E-state index in [2.05, 4.69) is 6.58 Å². The zero-order chi connectivity index (χ0) is 22.0. The van der Waals surface area contributed by atoms with Crippen LogP contribution >= 0.6 is 0 Å². The smallest absolute Gasteiger partial charge is 0.258 e. The molecular formula is C26H30N2O3. The maximum absolute atomic E-state index is 13.0. The van der Waals surface area contributed by atoms with E-state index in [1.807, 2.05) is 49.5 Å². The Morgan fingerprint density at radius 2 is 1.94 bits per heavy atom. The summed E-state index contributed by atoms with van der Waals surface area (Å²) in [6.07, 6.45) is 8.42. The van der Waals surface area contributed by atoms with E-state index < -0.39 is 0 Å². The minimum Gasteiger partial charge on any atom is -0.508 e. The highest BCUT2D eigenvalue weighted by atomic mass is 16.5. The average Bonchev–Trinajstić information content (AvgIpc) is 2.75. The number of aryl methyl sites for hydroxylation is 1. The molecule has 0 aliphatic heterocycles. The molecule has 0 saturated heterocycles. The topological polar surface area (TPSA) is 77.5 Å². The van der Waals surface area contributed by atoms with E-state index in [1.54, 1.807) is 16.7 Å². The maximum atomic E-state index is 13.0. The summed E-state index contributed by atoms with van der Waals surface area (Å²) >= 11 is 0. The van der Waals surface area contributed by atoms with Gasteiger partial charge in [0, 0.05) is 17.1 Å². The Balaban J connectivity index is 1.53. The molecule has 5 heteroatoms. The predicted octanol–water partition coefficient (Wildman–Crippen LogP) is 4.66. The molecule has 4 rings (SSSR count). The first kappa shape index (κ1) is 21.2. The second-order valence-electron chi connectivity index (χ2n) is 8.79. The van der Waals surface area contributed by atoms with Crippen molar-refractivity contribution < 1.29 is 9.84 Å². The fourth-order valence-corrected chi connectivity index (χ4v) is 4.42. The summed E-state index contributed by atoms with van der Waals surface area (Å²) in [4.78, 5) is 13.0. The van der Waals surface area contributed by atoms with Crippen molar-refractivity contribution in [3.63, 3.8) is 0 Å². The SMILES string of the molecule is C=CCC1(N)CCC(Oc2cc3ccn(Cc4ccc(O)cc4)c(=O)c3cc2C)CC1. The van der Waals surface area contributed by atoms with E-state index in [-0.39, 0.29) is 23.0 Å². The van der Waals surface area contributed by atoms with Gasteiger partial charge in [0.15, 0.2) is 0 Å². The van der Waals surface area contributed by atoms with Crippen LogP contribution in [-0.4, -0.2) is 21.3 Å². The number of hydrogen-bond donors (Lipinski definition) is 2. The summed E-state index contributed by atoms with van der Waals surface area (Å²) in [6, 6.07) is 12.8. The Kier molecular flexibility index (Phi) is 5.88. The summed E-state index contributed by atoms with van der Waals surface area (Å²) < 4.78 is 8.02. The lowest BCUT2D eigenvalue weighted by Gasteiger charge is -2.36. The third-order valence-corrected chi connectivity index (χ3v) is 6.33. The molecule has 1 heterocycles. The average molecular weight is 419 g/mol. The highest BCUT2D eigenvalue weighted by Gasteiger charge is 2.31. The first-order chi connectivity index (χ1) is 14.9. The van der Waals surface area contributed by atoms with E-state index in [4.69, 9.17) is 10.5 Å². The molecule has 31 heavy (non-hydrogen) atoms. The van der Waals surface area contributed by atoms with Crippen molar-refractivity contribution in [2.45, 2.75) is 57.2 Å². The van der Waals surface area contributed by atoms with Crippen molar-refractivity contribution in [2.75, 3.05) is 0 Å². The molecule has 0 spiro atoms. The van der Waals surface area contributed by atoms with E-state index >= 15 is 0 Å². The van der Waals surface area contributed by atoms with Crippen molar-refractivity contribution in [3.8, 4) is 11.5 Å². The Bertz CT molecular complexity index is 1140. The minimum absolute atomic E-state index is 0.0322. The molecule has 1 aromatic heterocycles. The predicted molar refractivity (Wildman–Crippen MR) is 125 cm³/mol. The summed E-state index contributed by atoms with van der Waals surface area (Å²) in [5, 5.41) is 11.0. The number of aromatic nitrogens is 1. The quantitative estimate of drug-likeness (QED) is 0.571. The molecule has 5 nitrogen and oxygen atoms in total. The van der Waals surface area contributed by atoms with Gasteiger partial charge in [0.1, 0.15) is 11.5 Å². The van der Waals surface area contributed by atoms with Crippen LogP contribution in [0.2, 0.25) is 0 Å². The van der Waals surface area contributed by atoms with Gasteiger partial charge < -0.3 is 20.1 Å². The number of aromatic hydroxyl groups is 1. The molecule has 1 fully saturated rings. The minimum atomic E-state index is -0.150. The van der Waals surface area contributed by atoms with Gasteiger partial charge in [-0.3, -0.25) is 4.79 Å². The van der Waals surface area contributed by atoms with Gasteiger partial charge >= 0.3 is 0 Å². The second-order valence-corrected chi connectivity index (χ2v) is 8.79. The van der Waals surface area contributed by atoms with Crippen LogP contribution in [-0.2, 0) is 6.54 Å². The molecule has 1 aliphatic carbocycles. The number of nitrogens with zero attached hydrogens (tertiary/aromatic N) is 1. The molecule has 3 N–H and O–H groups in total. The molecule has 1 aliphatic rings. The zero-order valence-corrected chi connectivity index (χ0v) is 18.0. The van der Waals surface area contributed by atoms with Crippen molar-refractivity contribution >= 4 is 10.8 Å². The summed E-state index contributed by atoms with van der Waals surface area (Å²) in [7, 11) is 0. The largest absolute Gasteiger partial charge is 0.508 e. The fraction of sp³-hybridized carbons (Fsp3) is 0.346. The van der Waals surface area contributed by atoms with Gasteiger partial charge in [-0.15, -0.1) is 6.58 Å². The fourth-order valence-electron chi connectivity index (χ4n) is 4.42. The lowest BCUT2D eigenvalue weighted by Crippen LogP contribution is -2.44. The van der Waals surface area contributed by atoms with Crippen LogP contribution < -0.4 is 16.0 Å². The molecular weight excluding hydrogens is 388 g/mol. The standard InChI is InChI=1S/C26H30N2O3/c1-3-11-26(27)12-8-22(9-13-26)31-24-16-20-10-14-28(25(30)23(20)15-18(24)2)17-19-4-6-21(29)7-5-19/h3-7,10,14-16,22,29H,1,8-9,11-13,17,27H2,2H3. The van der Waals surface area contributed by atoms with E-state index in [0.29, 0.717) is 11.9 Å². The summed E-state index contributed by atoms with van der Waals surface area (Å²) in [6.45, 7) is 6.26. The Labute approximate surface area is 182 Å². The first-order valence-electron chi connectivity index (χ1n) is 10.8. The van der Waals surface area contributed by atoms with Gasteiger partial charge in [0.2, 0.25) is 0 Å². The van der Waals surface area contributed by atoms with Crippen molar-refractivity contribution in [3.05, 3.63) is 82.8 Å². The molecule has 0 atom stereocenters. The molecule has 1 saturated carbocycles. The lowest BCUT2D eigenvalue weighted by atomic mass is 9.79. The van der Waals surface area contributed by atoms with Crippen molar-refractivity contribution in [1.29, 1.82) is 0 Å². The van der Waals surface area contributed by atoms with Gasteiger partial charge in [-0.05, 0) is 85.9 Å². The van der Waals surface area contributed by atoms with Crippen LogP contribution in [0.25, 0.3) is 10.8 Å². The van der Waals surface area contributed by atoms with Gasteiger partial charge in [0.25, 0.3) is 5.56 Å². The Morgan fingerprint density at radius 3 is 2.61 bits per heavy atom. The number of phenolic OH excluding ortho intramolecular Hbond substituents is 1. The maximum Gasteiger partial charge on any atom is 0.258 e. The third-order valence-electron chi connectivity index (χ3n) is 6.33. The molecule has 2 aromatic carbocycles. The van der Waals surface area contributed by atoms with Crippen LogP contribution in [0.4, 0.5) is 0 Å². The number of fused-ring (bicyclic) bond motifs is 1. The van der Waals surface area contributed by atoms with Crippen LogP contribution in [0.1, 0.15) is 43.2 Å². The lowest BCUT2D eigenvalue weighted by molar-refractivity contribution is 0.118. The Morgan fingerprint density at radius 1 is 1.23 bits per heavy atom. The first-order valence-corrected chi connectivity index (χ1v) is 10.8. The number of ether oxygens (including phenoxy) is 1.